The van der Waals surface area contributed by atoms with E-state index in [1.807, 2.05) is 19.1 Å². The molecule has 2 aromatic carbocycles. The minimum atomic E-state index is -1.49. The summed E-state index contributed by atoms with van der Waals surface area (Å²) < 4.78 is 33.7. The van der Waals surface area contributed by atoms with Crippen LogP contribution in [0.3, 0.4) is 0 Å². The zero-order valence-electron chi connectivity index (χ0n) is 24.0. The Balaban J connectivity index is 1.87. The van der Waals surface area contributed by atoms with Gasteiger partial charge >= 0.3 is 5.97 Å². The molecule has 2 aromatic heterocycles. The van der Waals surface area contributed by atoms with E-state index in [1.165, 1.54) is 24.8 Å². The zero-order chi connectivity index (χ0) is 29.6. The maximum absolute atomic E-state index is 15.5. The number of aromatic nitrogens is 2. The second-order valence-electron chi connectivity index (χ2n) is 11.2. The molecule has 1 aliphatic heterocycles. The number of hydrogen-bond acceptors (Lipinski definition) is 6. The van der Waals surface area contributed by atoms with Crippen LogP contribution in [0, 0.1) is 12.7 Å². The van der Waals surface area contributed by atoms with E-state index in [-0.39, 0.29) is 11.4 Å². The number of hydrogen-bond donors (Lipinski definition) is 1. The van der Waals surface area contributed by atoms with Crippen molar-refractivity contribution in [2.75, 3.05) is 13.7 Å². The van der Waals surface area contributed by atoms with Crippen LogP contribution in [0.2, 0.25) is 0 Å². The molecule has 5 rings (SSSR count). The first kappa shape index (κ1) is 28.3. The molecule has 4 aromatic rings. The van der Waals surface area contributed by atoms with E-state index in [4.69, 9.17) is 14.2 Å². The fourth-order valence-corrected chi connectivity index (χ4v) is 5.47. The van der Waals surface area contributed by atoms with Crippen molar-refractivity contribution in [2.24, 2.45) is 7.05 Å². The molecule has 0 aliphatic carbocycles. The molecule has 214 valence electrons. The maximum Gasteiger partial charge on any atom is 0.339 e. The topological polar surface area (TPSA) is 99.9 Å². The summed E-state index contributed by atoms with van der Waals surface area (Å²) in [5.74, 6) is -1.10. The van der Waals surface area contributed by atoms with Crippen LogP contribution in [0.25, 0.3) is 33.0 Å². The van der Waals surface area contributed by atoms with Gasteiger partial charge in [-0.05, 0) is 80.8 Å². The lowest BCUT2D eigenvalue weighted by Gasteiger charge is -2.29. The van der Waals surface area contributed by atoms with Crippen molar-refractivity contribution in [3.8, 4) is 33.9 Å². The van der Waals surface area contributed by atoms with Crippen molar-refractivity contribution in [2.45, 2.75) is 52.2 Å². The molecule has 0 saturated carbocycles. The summed E-state index contributed by atoms with van der Waals surface area (Å²) in [4.78, 5) is 30.8. The molecule has 0 spiro atoms. The minimum Gasteiger partial charge on any atom is -0.490 e. The van der Waals surface area contributed by atoms with Crippen molar-refractivity contribution in [3.05, 3.63) is 75.6 Å². The van der Waals surface area contributed by atoms with E-state index in [2.05, 4.69) is 4.98 Å². The van der Waals surface area contributed by atoms with Gasteiger partial charge in [0.25, 0.3) is 5.56 Å². The quantitative estimate of drug-likeness (QED) is 0.309. The molecule has 0 unspecified atom stereocenters. The number of carboxylic acid groups (broad SMARTS) is 1. The number of ether oxygens (including phenoxy) is 3. The van der Waals surface area contributed by atoms with E-state index < -0.39 is 29.1 Å². The number of fused-ring (bicyclic) bond motifs is 2. The first-order valence-electron chi connectivity index (χ1n) is 13.4. The number of methoxy groups -OCH3 is 1. The summed E-state index contributed by atoms with van der Waals surface area (Å²) in [6, 6.07) is 10.3. The summed E-state index contributed by atoms with van der Waals surface area (Å²) in [5.41, 5.74) is 2.84. The Kier molecular flexibility index (Phi) is 7.33. The van der Waals surface area contributed by atoms with Crippen LogP contribution >= 0.6 is 0 Å². The van der Waals surface area contributed by atoms with E-state index in [1.54, 1.807) is 45.2 Å². The molecule has 9 heteroatoms. The molecule has 8 nitrogen and oxygen atoms in total. The van der Waals surface area contributed by atoms with Crippen molar-refractivity contribution in [1.29, 1.82) is 0 Å². The Labute approximate surface area is 237 Å². The number of benzene rings is 2. The van der Waals surface area contributed by atoms with E-state index in [0.29, 0.717) is 40.8 Å². The number of pyridine rings is 2. The Morgan fingerprint density at radius 3 is 2.51 bits per heavy atom. The molecular formula is C32H33FN2O6. The van der Waals surface area contributed by atoms with Gasteiger partial charge < -0.3 is 23.9 Å². The monoisotopic (exact) mass is 560 g/mol. The van der Waals surface area contributed by atoms with Crippen LogP contribution < -0.4 is 15.0 Å². The normalized spacial score (nSPS) is 13.9. The summed E-state index contributed by atoms with van der Waals surface area (Å²) in [6.45, 7) is 7.55. The van der Waals surface area contributed by atoms with E-state index in [0.717, 1.165) is 28.7 Å². The average molecular weight is 561 g/mol. The Morgan fingerprint density at radius 1 is 1.15 bits per heavy atom. The highest BCUT2D eigenvalue weighted by atomic mass is 19.1. The van der Waals surface area contributed by atoms with Gasteiger partial charge in [0.1, 0.15) is 0 Å². The molecule has 0 saturated heterocycles. The molecule has 1 aliphatic rings. The average Bonchev–Trinajstić information content (AvgIpc) is 2.95. The first-order chi connectivity index (χ1) is 19.4. The fraction of sp³-hybridized carbons (Fsp3) is 0.344. The van der Waals surface area contributed by atoms with Crippen LogP contribution in [0.1, 0.15) is 50.1 Å². The van der Waals surface area contributed by atoms with Gasteiger partial charge in [-0.3, -0.25) is 4.79 Å². The number of aliphatic carboxylic acids is 1. The zero-order valence-corrected chi connectivity index (χ0v) is 24.0. The summed E-state index contributed by atoms with van der Waals surface area (Å²) in [7, 11) is 3.06. The molecule has 41 heavy (non-hydrogen) atoms. The van der Waals surface area contributed by atoms with Gasteiger partial charge in [-0.25, -0.2) is 14.2 Å². The molecule has 0 fully saturated rings. The lowest BCUT2D eigenvalue weighted by Crippen LogP contribution is -2.33. The van der Waals surface area contributed by atoms with Crippen LogP contribution in [-0.2, 0) is 23.0 Å². The van der Waals surface area contributed by atoms with Crippen molar-refractivity contribution in [3.63, 3.8) is 0 Å². The van der Waals surface area contributed by atoms with E-state index >= 15 is 4.39 Å². The fourth-order valence-electron chi connectivity index (χ4n) is 5.47. The van der Waals surface area contributed by atoms with Gasteiger partial charge in [-0.2, -0.15) is 0 Å². The number of halogens is 1. The molecule has 1 atom stereocenters. The molecule has 3 heterocycles. The predicted octanol–water partition coefficient (Wildman–Crippen LogP) is 5.99. The third-order valence-corrected chi connectivity index (χ3v) is 7.37. The second-order valence-corrected chi connectivity index (χ2v) is 11.2. The molecule has 0 radical (unpaired) electrons. The standard InChI is InChI=1S/C32H33FN2O6/c1-17-20-8-7-13-40-28(20)24(33)15-22(17)26-21-11-9-18(19-10-12-25(39-6)34-16-19)14-23(21)30(36)35(5)27(26)29(31(37)38)41-32(2,3)4/h9-12,14-16,29H,7-8,13H2,1-6H3,(H,37,38)/t29-/m0/s1. The van der Waals surface area contributed by atoms with Crippen molar-refractivity contribution in [1.82, 2.24) is 9.55 Å². The number of nitrogens with zero attached hydrogens (tertiary/aromatic N) is 2. The number of rotatable bonds is 6. The third kappa shape index (κ3) is 5.17. The van der Waals surface area contributed by atoms with Crippen LogP contribution in [0.15, 0.2) is 47.4 Å². The molecule has 1 N–H and O–H groups in total. The number of carboxylic acids is 1. The van der Waals surface area contributed by atoms with Crippen molar-refractivity contribution < 1.29 is 28.5 Å². The highest BCUT2D eigenvalue weighted by Crippen LogP contribution is 2.43. The SMILES string of the molecule is COc1ccc(-c2ccc3c(-c4cc(F)c5c(c4C)CCCO5)c([C@H](OC(C)(C)C)C(=O)O)n(C)c(=O)c3c2)cn1. The molecule has 0 amide bonds. The van der Waals surface area contributed by atoms with Crippen LogP contribution in [0.5, 0.6) is 11.6 Å². The highest BCUT2D eigenvalue weighted by molar-refractivity contribution is 6.01. The van der Waals surface area contributed by atoms with Gasteiger partial charge in [0.15, 0.2) is 17.7 Å². The van der Waals surface area contributed by atoms with Gasteiger partial charge in [0, 0.05) is 41.4 Å². The van der Waals surface area contributed by atoms with Crippen molar-refractivity contribution >= 4 is 16.7 Å². The molecule has 0 bridgehead atoms. The predicted molar refractivity (Wildman–Crippen MR) is 154 cm³/mol. The highest BCUT2D eigenvalue weighted by Gasteiger charge is 2.34. The summed E-state index contributed by atoms with van der Waals surface area (Å²) in [5, 5.41) is 11.2. The van der Waals surface area contributed by atoms with Gasteiger partial charge in [0.05, 0.1) is 25.0 Å². The van der Waals surface area contributed by atoms with Gasteiger partial charge in [-0.1, -0.05) is 12.1 Å². The van der Waals surface area contributed by atoms with Crippen LogP contribution in [0.4, 0.5) is 4.39 Å². The smallest absolute Gasteiger partial charge is 0.339 e. The Hall–Kier alpha value is -4.24. The largest absolute Gasteiger partial charge is 0.490 e. The third-order valence-electron chi connectivity index (χ3n) is 7.37. The lowest BCUT2D eigenvalue weighted by atomic mass is 9.87. The Morgan fingerprint density at radius 2 is 1.88 bits per heavy atom. The minimum absolute atomic E-state index is 0.142. The second kappa shape index (κ2) is 10.6. The summed E-state index contributed by atoms with van der Waals surface area (Å²) >= 11 is 0. The lowest BCUT2D eigenvalue weighted by molar-refractivity contribution is -0.161. The van der Waals surface area contributed by atoms with Crippen LogP contribution in [-0.4, -0.2) is 39.9 Å². The first-order valence-corrected chi connectivity index (χ1v) is 13.4. The maximum atomic E-state index is 15.5. The van der Waals surface area contributed by atoms with Gasteiger partial charge in [0.2, 0.25) is 5.88 Å². The number of carbonyl (C=O) groups is 1. The molecular weight excluding hydrogens is 527 g/mol. The summed E-state index contributed by atoms with van der Waals surface area (Å²) in [6.07, 6.45) is 1.52. The van der Waals surface area contributed by atoms with Gasteiger partial charge in [-0.15, -0.1) is 0 Å². The van der Waals surface area contributed by atoms with E-state index in [9.17, 15) is 14.7 Å². The Bertz CT molecular complexity index is 1720.